The smallest absolute Gasteiger partial charge is 0.243 e. The van der Waals surface area contributed by atoms with Crippen LogP contribution in [0.1, 0.15) is 47.9 Å². The van der Waals surface area contributed by atoms with Crippen LogP contribution in [0.5, 0.6) is 0 Å². The minimum Gasteiger partial charge on any atom is -0.352 e. The van der Waals surface area contributed by atoms with Crippen LogP contribution >= 0.6 is 0 Å². The molecule has 0 saturated carbocycles. The highest BCUT2D eigenvalue weighted by Gasteiger charge is 2.32. The van der Waals surface area contributed by atoms with E-state index in [2.05, 4.69) is 5.32 Å². The van der Waals surface area contributed by atoms with Crippen LogP contribution in [0.4, 0.5) is 0 Å². The number of carbonyl (C=O) groups is 1. The first-order valence-electron chi connectivity index (χ1n) is 10.9. The number of nitrogens with zero attached hydrogens (tertiary/aromatic N) is 1. The van der Waals surface area contributed by atoms with Crippen molar-refractivity contribution in [1.29, 1.82) is 0 Å². The first-order valence-corrected chi connectivity index (χ1v) is 12.3. The Balaban J connectivity index is 1.34. The van der Waals surface area contributed by atoms with Gasteiger partial charge in [-0.1, -0.05) is 35.9 Å². The molecule has 5 nitrogen and oxygen atoms in total. The molecular formula is C24H30N2O3S. The highest BCUT2D eigenvalue weighted by molar-refractivity contribution is 7.89. The molecule has 160 valence electrons. The molecule has 6 heteroatoms. The van der Waals surface area contributed by atoms with Gasteiger partial charge < -0.3 is 5.32 Å². The molecule has 0 spiro atoms. The van der Waals surface area contributed by atoms with Crippen LogP contribution in [-0.4, -0.2) is 31.7 Å². The molecule has 30 heavy (non-hydrogen) atoms. The van der Waals surface area contributed by atoms with Crippen molar-refractivity contribution in [2.75, 3.05) is 13.1 Å². The van der Waals surface area contributed by atoms with E-state index in [0.29, 0.717) is 37.4 Å². The fourth-order valence-electron chi connectivity index (χ4n) is 4.42. The van der Waals surface area contributed by atoms with Crippen molar-refractivity contribution in [2.45, 2.75) is 56.9 Å². The lowest BCUT2D eigenvalue weighted by Crippen LogP contribution is -2.42. The lowest BCUT2D eigenvalue weighted by molar-refractivity contribution is -0.126. The van der Waals surface area contributed by atoms with Crippen molar-refractivity contribution in [1.82, 2.24) is 9.62 Å². The van der Waals surface area contributed by atoms with E-state index < -0.39 is 10.0 Å². The van der Waals surface area contributed by atoms with Gasteiger partial charge in [-0.15, -0.1) is 0 Å². The number of amides is 1. The monoisotopic (exact) mass is 426 g/mol. The molecule has 0 aromatic heterocycles. The minimum absolute atomic E-state index is 0.0152. The summed E-state index contributed by atoms with van der Waals surface area (Å²) >= 11 is 0. The van der Waals surface area contributed by atoms with E-state index in [1.54, 1.807) is 10.4 Å². The van der Waals surface area contributed by atoms with E-state index in [-0.39, 0.29) is 11.8 Å². The quantitative estimate of drug-likeness (QED) is 0.795. The molecule has 0 radical (unpaired) electrons. The van der Waals surface area contributed by atoms with Gasteiger partial charge in [0.15, 0.2) is 0 Å². The zero-order valence-corrected chi connectivity index (χ0v) is 18.4. The van der Waals surface area contributed by atoms with Crippen molar-refractivity contribution in [2.24, 2.45) is 5.92 Å². The summed E-state index contributed by atoms with van der Waals surface area (Å²) in [5.41, 5.74) is 4.72. The third-order valence-electron chi connectivity index (χ3n) is 6.37. The summed E-state index contributed by atoms with van der Waals surface area (Å²) in [6.07, 6.45) is 5.42. The third kappa shape index (κ3) is 4.60. The summed E-state index contributed by atoms with van der Waals surface area (Å²) in [6, 6.07) is 13.7. The van der Waals surface area contributed by atoms with Crippen LogP contribution in [0.2, 0.25) is 0 Å². The van der Waals surface area contributed by atoms with Gasteiger partial charge in [-0.2, -0.15) is 4.31 Å². The van der Waals surface area contributed by atoms with Crippen LogP contribution in [0.25, 0.3) is 0 Å². The predicted molar refractivity (Wildman–Crippen MR) is 118 cm³/mol. The lowest BCUT2D eigenvalue weighted by Gasteiger charge is -2.31. The maximum absolute atomic E-state index is 13.1. The highest BCUT2D eigenvalue weighted by Crippen LogP contribution is 2.28. The number of piperidine rings is 1. The van der Waals surface area contributed by atoms with Crippen LogP contribution in [0.15, 0.2) is 47.4 Å². The second kappa shape index (κ2) is 8.90. The topological polar surface area (TPSA) is 66.5 Å². The number of hydrogen-bond donors (Lipinski definition) is 1. The maximum Gasteiger partial charge on any atom is 0.243 e. The Hall–Kier alpha value is -2.18. The zero-order valence-electron chi connectivity index (χ0n) is 17.6. The first kappa shape index (κ1) is 21.1. The molecule has 0 unspecified atom stereocenters. The summed E-state index contributed by atoms with van der Waals surface area (Å²) in [6.45, 7) is 3.32. The summed E-state index contributed by atoms with van der Waals surface area (Å²) in [5.74, 6) is -0.119. The average Bonchev–Trinajstić information content (AvgIpc) is 2.78. The van der Waals surface area contributed by atoms with Gasteiger partial charge in [-0.05, 0) is 74.3 Å². The Morgan fingerprint density at radius 3 is 2.37 bits per heavy atom. The molecule has 1 N–H and O–H groups in total. The van der Waals surface area contributed by atoms with Crippen molar-refractivity contribution in [3.05, 3.63) is 64.7 Å². The molecule has 2 aliphatic rings. The fraction of sp³-hybridized carbons (Fsp3) is 0.458. The van der Waals surface area contributed by atoms with Crippen LogP contribution < -0.4 is 5.32 Å². The lowest BCUT2D eigenvalue weighted by atomic mass is 9.92. The molecule has 1 heterocycles. The number of nitrogens with one attached hydrogen (secondary N) is 1. The number of benzene rings is 2. The summed E-state index contributed by atoms with van der Waals surface area (Å²) in [5, 5.41) is 3.00. The molecule has 1 aliphatic heterocycles. The summed E-state index contributed by atoms with van der Waals surface area (Å²) in [4.78, 5) is 12.9. The number of carbonyl (C=O) groups excluding carboxylic acids is 1. The molecule has 1 saturated heterocycles. The number of hydrogen-bond acceptors (Lipinski definition) is 3. The second-order valence-electron chi connectivity index (χ2n) is 8.52. The van der Waals surface area contributed by atoms with Gasteiger partial charge in [-0.25, -0.2) is 8.42 Å². The van der Waals surface area contributed by atoms with Gasteiger partial charge in [0.25, 0.3) is 0 Å². The van der Waals surface area contributed by atoms with E-state index in [0.717, 1.165) is 24.8 Å². The molecular weight excluding hydrogens is 396 g/mol. The zero-order chi connectivity index (χ0) is 21.1. The molecule has 1 amide bonds. The van der Waals surface area contributed by atoms with Crippen LogP contribution in [0, 0.1) is 12.8 Å². The average molecular weight is 427 g/mol. The maximum atomic E-state index is 13.1. The number of rotatable bonds is 5. The largest absolute Gasteiger partial charge is 0.352 e. The standard InChI is InChI=1S/C24H30N2O3S/c1-18-6-8-19(9-7-18)17-25-24(27)21-12-14-26(15-13-21)30(28,29)23-11-10-20-4-2-3-5-22(20)16-23/h6-11,16,21H,2-5,12-15,17H2,1H3,(H,25,27). The summed E-state index contributed by atoms with van der Waals surface area (Å²) < 4.78 is 27.8. The van der Waals surface area contributed by atoms with Crippen molar-refractivity contribution in [3.8, 4) is 0 Å². The molecule has 4 rings (SSSR count). The van der Waals surface area contributed by atoms with E-state index in [9.17, 15) is 13.2 Å². The van der Waals surface area contributed by atoms with E-state index in [1.807, 2.05) is 43.3 Å². The van der Waals surface area contributed by atoms with Crippen molar-refractivity contribution in [3.63, 3.8) is 0 Å². The van der Waals surface area contributed by atoms with Gasteiger partial charge in [0.2, 0.25) is 15.9 Å². The van der Waals surface area contributed by atoms with Crippen molar-refractivity contribution >= 4 is 15.9 Å². The van der Waals surface area contributed by atoms with E-state index in [4.69, 9.17) is 0 Å². The van der Waals surface area contributed by atoms with E-state index >= 15 is 0 Å². The Morgan fingerprint density at radius 1 is 1.00 bits per heavy atom. The van der Waals surface area contributed by atoms with Crippen LogP contribution in [-0.2, 0) is 34.2 Å². The Bertz CT molecular complexity index is 1010. The molecule has 0 bridgehead atoms. The second-order valence-corrected chi connectivity index (χ2v) is 10.5. The van der Waals surface area contributed by atoms with Gasteiger partial charge in [0.05, 0.1) is 4.90 Å². The SMILES string of the molecule is Cc1ccc(CNC(=O)C2CCN(S(=O)(=O)c3ccc4c(c3)CCCC4)CC2)cc1. The van der Waals surface area contributed by atoms with Gasteiger partial charge in [-0.3, -0.25) is 4.79 Å². The Morgan fingerprint density at radius 2 is 1.67 bits per heavy atom. The predicted octanol–water partition coefficient (Wildman–Crippen LogP) is 3.59. The van der Waals surface area contributed by atoms with Gasteiger partial charge >= 0.3 is 0 Å². The van der Waals surface area contributed by atoms with Crippen molar-refractivity contribution < 1.29 is 13.2 Å². The third-order valence-corrected chi connectivity index (χ3v) is 8.26. The first-order chi connectivity index (χ1) is 14.4. The number of aryl methyl sites for hydroxylation is 3. The van der Waals surface area contributed by atoms with Gasteiger partial charge in [0, 0.05) is 25.6 Å². The Kier molecular flexibility index (Phi) is 6.25. The highest BCUT2D eigenvalue weighted by atomic mass is 32.2. The summed E-state index contributed by atoms with van der Waals surface area (Å²) in [7, 11) is -3.50. The molecule has 0 atom stereocenters. The molecule has 1 fully saturated rings. The van der Waals surface area contributed by atoms with Gasteiger partial charge in [0.1, 0.15) is 0 Å². The normalized spacial score (nSPS) is 18.0. The van der Waals surface area contributed by atoms with E-state index in [1.165, 1.54) is 23.1 Å². The molecule has 2 aromatic carbocycles. The number of fused-ring (bicyclic) bond motifs is 1. The number of sulfonamides is 1. The molecule has 1 aliphatic carbocycles. The Labute approximate surface area is 179 Å². The molecule has 2 aromatic rings. The fourth-order valence-corrected chi connectivity index (χ4v) is 5.94. The minimum atomic E-state index is -3.50. The van der Waals surface area contributed by atoms with Crippen LogP contribution in [0.3, 0.4) is 0 Å².